The van der Waals surface area contributed by atoms with Crippen LogP contribution in [-0.4, -0.2) is 16.9 Å². The Bertz CT molecular complexity index is 306. The molecule has 1 aliphatic heterocycles. The first-order valence-electron chi connectivity index (χ1n) is 5.85. The van der Waals surface area contributed by atoms with Crippen LogP contribution in [-0.2, 0) is 9.53 Å². The van der Waals surface area contributed by atoms with E-state index in [2.05, 4.69) is 6.92 Å². The number of ether oxygens (including phenoxy) is 1. The second kappa shape index (κ2) is 3.97. The van der Waals surface area contributed by atoms with Gasteiger partial charge in [-0.05, 0) is 32.1 Å². The second-order valence-corrected chi connectivity index (χ2v) is 4.44. The largest absolute Gasteiger partial charge is 0.426 e. The van der Waals surface area contributed by atoms with Gasteiger partial charge in [-0.25, -0.2) is 4.79 Å². The molecule has 3 nitrogen and oxygen atoms in total. The summed E-state index contributed by atoms with van der Waals surface area (Å²) in [7, 11) is 0. The lowest BCUT2D eigenvalue weighted by molar-refractivity contribution is -0.184. The zero-order chi connectivity index (χ0) is 10.9. The molecule has 2 rings (SSSR count). The zero-order valence-corrected chi connectivity index (χ0v) is 9.21. The number of aliphatic hydroxyl groups is 1. The van der Waals surface area contributed by atoms with Gasteiger partial charge in [0.15, 0.2) is 0 Å². The summed E-state index contributed by atoms with van der Waals surface area (Å²) in [4.78, 5) is 11.5. The van der Waals surface area contributed by atoms with Crippen molar-refractivity contribution in [3.63, 3.8) is 0 Å². The molecule has 1 atom stereocenters. The van der Waals surface area contributed by atoms with E-state index in [9.17, 15) is 9.90 Å². The van der Waals surface area contributed by atoms with E-state index in [4.69, 9.17) is 4.74 Å². The highest BCUT2D eigenvalue weighted by Crippen LogP contribution is 2.42. The summed E-state index contributed by atoms with van der Waals surface area (Å²) in [5.41, 5.74) is 1.62. The first-order valence-corrected chi connectivity index (χ1v) is 5.85. The van der Waals surface area contributed by atoms with Crippen molar-refractivity contribution >= 4 is 5.97 Å². The van der Waals surface area contributed by atoms with Crippen molar-refractivity contribution in [2.45, 2.75) is 57.7 Å². The average Bonchev–Trinajstić information content (AvgIpc) is 2.50. The Kier molecular flexibility index (Phi) is 2.83. The lowest BCUT2D eigenvalue weighted by Crippen LogP contribution is -2.31. The molecular formula is C12H18O3. The summed E-state index contributed by atoms with van der Waals surface area (Å²) in [6, 6.07) is 0. The SMILES string of the molecule is CCCCC1(O)OC(=O)C2=C1CCCC2. The van der Waals surface area contributed by atoms with E-state index >= 15 is 0 Å². The molecule has 0 fully saturated rings. The minimum atomic E-state index is -1.26. The summed E-state index contributed by atoms with van der Waals surface area (Å²) >= 11 is 0. The van der Waals surface area contributed by atoms with Gasteiger partial charge in [0.25, 0.3) is 0 Å². The normalized spacial score (nSPS) is 30.4. The van der Waals surface area contributed by atoms with Crippen molar-refractivity contribution in [2.75, 3.05) is 0 Å². The number of carbonyl (C=O) groups is 1. The van der Waals surface area contributed by atoms with E-state index in [1.165, 1.54) is 0 Å². The van der Waals surface area contributed by atoms with Gasteiger partial charge in [0.2, 0.25) is 5.79 Å². The number of hydrogen-bond donors (Lipinski definition) is 1. The van der Waals surface area contributed by atoms with Crippen LogP contribution in [0.15, 0.2) is 11.1 Å². The predicted molar refractivity (Wildman–Crippen MR) is 56.1 cm³/mol. The van der Waals surface area contributed by atoms with Gasteiger partial charge < -0.3 is 9.84 Å². The van der Waals surface area contributed by atoms with E-state index in [1.807, 2.05) is 0 Å². The molecule has 15 heavy (non-hydrogen) atoms. The third-order valence-electron chi connectivity index (χ3n) is 3.32. The Labute approximate surface area is 90.1 Å². The monoisotopic (exact) mass is 210 g/mol. The van der Waals surface area contributed by atoms with Crippen LogP contribution in [0, 0.1) is 0 Å². The molecule has 1 aliphatic carbocycles. The lowest BCUT2D eigenvalue weighted by atomic mass is 9.87. The molecule has 3 heteroatoms. The fourth-order valence-corrected chi connectivity index (χ4v) is 2.46. The van der Waals surface area contributed by atoms with E-state index in [0.29, 0.717) is 6.42 Å². The number of cyclic esters (lactones) is 1. The van der Waals surface area contributed by atoms with Crippen LogP contribution in [0.4, 0.5) is 0 Å². The van der Waals surface area contributed by atoms with Crippen molar-refractivity contribution in [2.24, 2.45) is 0 Å². The summed E-state index contributed by atoms with van der Waals surface area (Å²) < 4.78 is 5.14. The number of unbranched alkanes of at least 4 members (excludes halogenated alkanes) is 1. The second-order valence-electron chi connectivity index (χ2n) is 4.44. The molecule has 1 unspecified atom stereocenters. The quantitative estimate of drug-likeness (QED) is 0.727. The minimum Gasteiger partial charge on any atom is -0.426 e. The molecule has 0 bridgehead atoms. The van der Waals surface area contributed by atoms with E-state index in [-0.39, 0.29) is 5.97 Å². The molecule has 0 aromatic rings. The molecule has 84 valence electrons. The van der Waals surface area contributed by atoms with Gasteiger partial charge >= 0.3 is 5.97 Å². The maximum atomic E-state index is 11.5. The minimum absolute atomic E-state index is 0.289. The van der Waals surface area contributed by atoms with Crippen LogP contribution >= 0.6 is 0 Å². The smallest absolute Gasteiger partial charge is 0.336 e. The van der Waals surface area contributed by atoms with Gasteiger partial charge in [0.1, 0.15) is 0 Å². The van der Waals surface area contributed by atoms with Gasteiger partial charge in [-0.2, -0.15) is 0 Å². The zero-order valence-electron chi connectivity index (χ0n) is 9.21. The number of esters is 1. The van der Waals surface area contributed by atoms with E-state index in [0.717, 1.165) is 49.7 Å². The van der Waals surface area contributed by atoms with Crippen molar-refractivity contribution in [3.05, 3.63) is 11.1 Å². The first-order chi connectivity index (χ1) is 7.17. The molecule has 0 saturated heterocycles. The standard InChI is InChI=1S/C12H18O3/c1-2-3-8-12(14)10-7-5-4-6-9(10)11(13)15-12/h14H,2-8H2,1H3. The van der Waals surface area contributed by atoms with Gasteiger partial charge in [-0.3, -0.25) is 0 Å². The summed E-state index contributed by atoms with van der Waals surface area (Å²) in [6.45, 7) is 2.07. The summed E-state index contributed by atoms with van der Waals surface area (Å²) in [6.07, 6.45) is 6.14. The van der Waals surface area contributed by atoms with Crippen LogP contribution in [0.3, 0.4) is 0 Å². The number of hydrogen-bond acceptors (Lipinski definition) is 3. The first kappa shape index (κ1) is 10.7. The molecule has 0 saturated carbocycles. The Hall–Kier alpha value is -0.830. The van der Waals surface area contributed by atoms with Crippen LogP contribution in [0.1, 0.15) is 51.9 Å². The Morgan fingerprint density at radius 1 is 1.40 bits per heavy atom. The Morgan fingerprint density at radius 2 is 2.13 bits per heavy atom. The third-order valence-corrected chi connectivity index (χ3v) is 3.32. The van der Waals surface area contributed by atoms with Crippen molar-refractivity contribution < 1.29 is 14.6 Å². The Balaban J connectivity index is 2.20. The van der Waals surface area contributed by atoms with E-state index in [1.54, 1.807) is 0 Å². The van der Waals surface area contributed by atoms with Crippen LogP contribution < -0.4 is 0 Å². The lowest BCUT2D eigenvalue weighted by Gasteiger charge is -2.25. The fourth-order valence-electron chi connectivity index (χ4n) is 2.46. The number of rotatable bonds is 3. The molecule has 1 heterocycles. The van der Waals surface area contributed by atoms with Crippen molar-refractivity contribution in [3.8, 4) is 0 Å². The fraction of sp³-hybridized carbons (Fsp3) is 0.750. The molecule has 0 radical (unpaired) electrons. The molecule has 1 N–H and O–H groups in total. The molecule has 0 spiro atoms. The maximum Gasteiger partial charge on any atom is 0.336 e. The highest BCUT2D eigenvalue weighted by atomic mass is 16.7. The molecule has 0 amide bonds. The van der Waals surface area contributed by atoms with Crippen molar-refractivity contribution in [1.82, 2.24) is 0 Å². The van der Waals surface area contributed by atoms with Gasteiger partial charge in [0, 0.05) is 17.6 Å². The number of carbonyl (C=O) groups excluding carboxylic acids is 1. The molecule has 0 aromatic heterocycles. The van der Waals surface area contributed by atoms with Crippen LogP contribution in [0.5, 0.6) is 0 Å². The molecular weight excluding hydrogens is 192 g/mol. The van der Waals surface area contributed by atoms with Gasteiger partial charge in [-0.1, -0.05) is 13.3 Å². The van der Waals surface area contributed by atoms with Gasteiger partial charge in [0.05, 0.1) is 0 Å². The Morgan fingerprint density at radius 3 is 2.87 bits per heavy atom. The van der Waals surface area contributed by atoms with Gasteiger partial charge in [-0.15, -0.1) is 0 Å². The van der Waals surface area contributed by atoms with Crippen LogP contribution in [0.2, 0.25) is 0 Å². The predicted octanol–water partition coefficient (Wildman–Crippen LogP) is 2.29. The summed E-state index contributed by atoms with van der Waals surface area (Å²) in [5.74, 6) is -1.55. The summed E-state index contributed by atoms with van der Waals surface area (Å²) in [5, 5.41) is 10.3. The third kappa shape index (κ3) is 1.81. The highest BCUT2D eigenvalue weighted by Gasteiger charge is 2.45. The molecule has 2 aliphatic rings. The van der Waals surface area contributed by atoms with Crippen LogP contribution in [0.25, 0.3) is 0 Å². The van der Waals surface area contributed by atoms with E-state index < -0.39 is 5.79 Å². The molecule has 0 aromatic carbocycles. The average molecular weight is 210 g/mol. The topological polar surface area (TPSA) is 46.5 Å². The van der Waals surface area contributed by atoms with Crippen molar-refractivity contribution in [1.29, 1.82) is 0 Å². The maximum absolute atomic E-state index is 11.5. The highest BCUT2D eigenvalue weighted by molar-refractivity contribution is 5.93.